The normalized spacial score (nSPS) is 18.4. The van der Waals surface area contributed by atoms with E-state index in [0.717, 1.165) is 35.9 Å². The summed E-state index contributed by atoms with van der Waals surface area (Å²) >= 11 is 0. The second kappa shape index (κ2) is 12.9. The van der Waals surface area contributed by atoms with Crippen LogP contribution in [-0.2, 0) is 14.3 Å². The number of aliphatic hydroxyl groups is 1. The number of nitrogens with zero attached hydrogens (tertiary/aromatic N) is 4. The summed E-state index contributed by atoms with van der Waals surface area (Å²) in [4.78, 5) is 47.4. The second-order valence-corrected chi connectivity index (χ2v) is 10.8. The standard InChI is InChI=1S/C31H30F2N6O6/c32-20-3-6-22(7-4-20)39-29(41)24(18-38(31(39)43)17-19-1-2-19)28(40)35-21-5-8-26(25(33)15-21)45-23-9-10-34-27(16-23)36-30(42)37-11-13-44-14-12-37/h3-10,15-16,18-19,31,43H,1-2,11-14,17H2,(H,35,40)(H,34,36,42). The van der Waals surface area contributed by atoms with E-state index in [1.54, 1.807) is 4.90 Å². The fourth-order valence-corrected chi connectivity index (χ4v) is 4.91. The zero-order chi connectivity index (χ0) is 31.5. The first-order chi connectivity index (χ1) is 21.7. The van der Waals surface area contributed by atoms with Crippen molar-refractivity contribution in [3.8, 4) is 11.5 Å². The lowest BCUT2D eigenvalue weighted by molar-refractivity contribution is -0.124. The summed E-state index contributed by atoms with van der Waals surface area (Å²) in [5.41, 5.74) is -0.0186. The third-order valence-corrected chi connectivity index (χ3v) is 7.47. The molecule has 12 nitrogen and oxygen atoms in total. The lowest BCUT2D eigenvalue weighted by Crippen LogP contribution is -2.55. The molecule has 6 rings (SSSR count). The number of nitrogens with one attached hydrogen (secondary N) is 2. The fourth-order valence-electron chi connectivity index (χ4n) is 4.91. The SMILES string of the molecule is O=C(Nc1ccc(Oc2ccnc(NC(=O)N3CCOCC3)c2)c(F)c1)C1=CN(CC2CC2)C(O)N(c2ccc(F)cc2)C1=O. The molecule has 2 aromatic carbocycles. The molecule has 3 N–H and O–H groups in total. The summed E-state index contributed by atoms with van der Waals surface area (Å²) in [6.07, 6.45) is 3.23. The first-order valence-electron chi connectivity index (χ1n) is 14.4. The Morgan fingerprint density at radius 1 is 1.02 bits per heavy atom. The van der Waals surface area contributed by atoms with E-state index in [9.17, 15) is 23.9 Å². The predicted molar refractivity (Wildman–Crippen MR) is 158 cm³/mol. The highest BCUT2D eigenvalue weighted by atomic mass is 19.1. The molecule has 1 saturated carbocycles. The van der Waals surface area contributed by atoms with E-state index in [1.807, 2.05) is 0 Å². The first kappa shape index (κ1) is 30.0. The zero-order valence-corrected chi connectivity index (χ0v) is 24.0. The fraction of sp³-hybridized carbons (Fsp3) is 0.290. The number of halogens is 2. The van der Waals surface area contributed by atoms with Crippen molar-refractivity contribution < 1.29 is 37.7 Å². The number of anilines is 3. The largest absolute Gasteiger partial charge is 0.454 e. The van der Waals surface area contributed by atoms with Crippen molar-refractivity contribution in [3.05, 3.63) is 84.2 Å². The van der Waals surface area contributed by atoms with Crippen LogP contribution < -0.4 is 20.3 Å². The molecule has 0 spiro atoms. The molecule has 3 heterocycles. The molecule has 3 aromatic rings. The van der Waals surface area contributed by atoms with Gasteiger partial charge in [0.2, 0.25) is 6.35 Å². The van der Waals surface area contributed by atoms with Crippen LogP contribution in [0.3, 0.4) is 0 Å². The minimum Gasteiger partial charge on any atom is -0.454 e. The molecule has 1 aromatic heterocycles. The zero-order valence-electron chi connectivity index (χ0n) is 24.0. The molecule has 234 valence electrons. The number of hydrogen-bond acceptors (Lipinski definition) is 8. The number of rotatable bonds is 8. The van der Waals surface area contributed by atoms with Gasteiger partial charge in [-0.05, 0) is 61.2 Å². The summed E-state index contributed by atoms with van der Waals surface area (Å²) in [6.45, 7) is 2.22. The monoisotopic (exact) mass is 620 g/mol. The number of morpholine rings is 1. The number of hydrogen-bond donors (Lipinski definition) is 3. The number of pyridine rings is 1. The molecule has 1 atom stereocenters. The minimum absolute atomic E-state index is 0.0555. The number of benzene rings is 2. The molecule has 2 fully saturated rings. The molecular formula is C31H30F2N6O6. The summed E-state index contributed by atoms with van der Waals surface area (Å²) < 4.78 is 39.6. The number of urea groups is 1. The number of amides is 4. The Bertz CT molecular complexity index is 1630. The quantitative estimate of drug-likeness (QED) is 0.323. The topological polar surface area (TPSA) is 137 Å². The molecule has 1 saturated heterocycles. The molecule has 1 unspecified atom stereocenters. The maximum absolute atomic E-state index is 15.1. The van der Waals surface area contributed by atoms with Crippen molar-refractivity contribution in [1.82, 2.24) is 14.8 Å². The highest BCUT2D eigenvalue weighted by molar-refractivity contribution is 6.27. The molecule has 45 heavy (non-hydrogen) atoms. The molecule has 14 heteroatoms. The summed E-state index contributed by atoms with van der Waals surface area (Å²) in [6, 6.07) is 11.3. The van der Waals surface area contributed by atoms with Crippen LogP contribution in [0.25, 0.3) is 0 Å². The van der Waals surface area contributed by atoms with Gasteiger partial charge in [0.05, 0.1) is 13.2 Å². The van der Waals surface area contributed by atoms with Crippen LogP contribution in [0.2, 0.25) is 0 Å². The van der Waals surface area contributed by atoms with Crippen molar-refractivity contribution in [2.75, 3.05) is 48.4 Å². The van der Waals surface area contributed by atoms with E-state index in [4.69, 9.17) is 9.47 Å². The van der Waals surface area contributed by atoms with Gasteiger partial charge in [0, 0.05) is 55.5 Å². The summed E-state index contributed by atoms with van der Waals surface area (Å²) in [5, 5.41) is 16.2. The van der Waals surface area contributed by atoms with Gasteiger partial charge in [-0.25, -0.2) is 18.6 Å². The van der Waals surface area contributed by atoms with Gasteiger partial charge >= 0.3 is 6.03 Å². The van der Waals surface area contributed by atoms with Gasteiger partial charge in [0.1, 0.15) is 23.0 Å². The number of carbonyl (C=O) groups is 3. The average Bonchev–Trinajstić information content (AvgIpc) is 3.86. The van der Waals surface area contributed by atoms with Gasteiger partial charge in [0.25, 0.3) is 11.8 Å². The van der Waals surface area contributed by atoms with Crippen LogP contribution in [0.1, 0.15) is 12.8 Å². The van der Waals surface area contributed by atoms with Crippen LogP contribution in [-0.4, -0.2) is 76.9 Å². The van der Waals surface area contributed by atoms with Crippen molar-refractivity contribution in [2.45, 2.75) is 19.2 Å². The van der Waals surface area contributed by atoms with Crippen molar-refractivity contribution in [3.63, 3.8) is 0 Å². The molecule has 0 bridgehead atoms. The van der Waals surface area contributed by atoms with Crippen LogP contribution in [0.5, 0.6) is 11.5 Å². The van der Waals surface area contributed by atoms with E-state index in [0.29, 0.717) is 38.8 Å². The maximum atomic E-state index is 15.1. The maximum Gasteiger partial charge on any atom is 0.323 e. The highest BCUT2D eigenvalue weighted by Crippen LogP contribution is 2.34. The minimum atomic E-state index is -1.39. The van der Waals surface area contributed by atoms with Gasteiger partial charge < -0.3 is 29.7 Å². The molecule has 0 radical (unpaired) electrons. The Kier molecular flexibility index (Phi) is 8.58. The van der Waals surface area contributed by atoms with Crippen LogP contribution in [0, 0.1) is 17.6 Å². The van der Waals surface area contributed by atoms with Crippen LogP contribution in [0.4, 0.5) is 30.8 Å². The third-order valence-electron chi connectivity index (χ3n) is 7.47. The Labute approximate surface area is 256 Å². The van der Waals surface area contributed by atoms with Gasteiger partial charge in [-0.2, -0.15) is 0 Å². The third kappa shape index (κ3) is 7.02. The smallest absolute Gasteiger partial charge is 0.323 e. The van der Waals surface area contributed by atoms with Crippen molar-refractivity contribution in [2.24, 2.45) is 5.92 Å². The lowest BCUT2D eigenvalue weighted by atomic mass is 10.1. The molecule has 4 amide bonds. The number of ether oxygens (including phenoxy) is 2. The number of aliphatic hydroxyl groups excluding tert-OH is 1. The Morgan fingerprint density at radius 3 is 2.49 bits per heavy atom. The van der Waals surface area contributed by atoms with Gasteiger partial charge in [0.15, 0.2) is 11.6 Å². The Hall–Kier alpha value is -5.08. The van der Waals surface area contributed by atoms with E-state index >= 15 is 4.39 Å². The van der Waals surface area contributed by atoms with Crippen LogP contribution >= 0.6 is 0 Å². The van der Waals surface area contributed by atoms with Crippen molar-refractivity contribution in [1.29, 1.82) is 0 Å². The van der Waals surface area contributed by atoms with E-state index in [2.05, 4.69) is 15.6 Å². The number of carbonyl (C=O) groups excluding carboxylic acids is 3. The van der Waals surface area contributed by atoms with Crippen LogP contribution in [0.15, 0.2) is 72.6 Å². The summed E-state index contributed by atoms with van der Waals surface area (Å²) in [7, 11) is 0. The molecular weight excluding hydrogens is 590 g/mol. The molecule has 2 aliphatic heterocycles. The molecule has 1 aliphatic carbocycles. The van der Waals surface area contributed by atoms with E-state index in [-0.39, 0.29) is 40.3 Å². The van der Waals surface area contributed by atoms with Gasteiger partial charge in [-0.15, -0.1) is 0 Å². The van der Waals surface area contributed by atoms with E-state index in [1.165, 1.54) is 53.7 Å². The number of aromatic nitrogens is 1. The summed E-state index contributed by atoms with van der Waals surface area (Å²) in [5.74, 6) is -2.35. The molecule has 3 aliphatic rings. The van der Waals surface area contributed by atoms with Crippen molar-refractivity contribution >= 4 is 35.0 Å². The second-order valence-electron chi connectivity index (χ2n) is 10.8. The van der Waals surface area contributed by atoms with Gasteiger partial charge in [-0.3, -0.25) is 19.8 Å². The lowest BCUT2D eigenvalue weighted by Gasteiger charge is -2.39. The van der Waals surface area contributed by atoms with E-state index < -0.39 is 29.8 Å². The highest BCUT2D eigenvalue weighted by Gasteiger charge is 2.39. The first-order valence-corrected chi connectivity index (χ1v) is 14.4. The average molecular weight is 621 g/mol. The predicted octanol–water partition coefficient (Wildman–Crippen LogP) is 3.87. The van der Waals surface area contributed by atoms with Gasteiger partial charge in [-0.1, -0.05) is 0 Å². The Balaban J connectivity index is 1.14. The Morgan fingerprint density at radius 2 is 1.78 bits per heavy atom.